The smallest absolute Gasteiger partial charge is 0.427 e. The highest BCUT2D eigenvalue weighted by Crippen LogP contribution is 2.45. The molecule has 0 bridgehead atoms. The van der Waals surface area contributed by atoms with Crippen molar-refractivity contribution < 1.29 is 18.3 Å². The molecule has 2 aromatic carbocycles. The van der Waals surface area contributed by atoms with Gasteiger partial charge in [0.1, 0.15) is 17.2 Å². The average Bonchev–Trinajstić information content (AvgIpc) is 2.47. The van der Waals surface area contributed by atoms with Gasteiger partial charge in [0.05, 0.1) is 25.4 Å². The molecular formula is C15H14NO4P. The van der Waals surface area contributed by atoms with Gasteiger partial charge in [0, 0.05) is 0 Å². The molecule has 0 radical (unpaired) electrons. The number of ether oxygens (including phenoxy) is 1. The minimum absolute atomic E-state index is 0.327. The maximum absolute atomic E-state index is 12.3. The Hall–Kier alpha value is -2.44. The van der Waals surface area contributed by atoms with E-state index in [0.717, 1.165) is 0 Å². The van der Waals surface area contributed by atoms with Gasteiger partial charge in [-0.3, -0.25) is 0 Å². The molecule has 0 amide bonds. The molecule has 0 N–H and O–H groups in total. The summed E-state index contributed by atoms with van der Waals surface area (Å²) in [5.74, 6) is 1.42. The number of hydrogen-bond acceptors (Lipinski definition) is 5. The summed E-state index contributed by atoms with van der Waals surface area (Å²) in [4.78, 5) is 0. The van der Waals surface area contributed by atoms with Crippen molar-refractivity contribution in [3.05, 3.63) is 54.1 Å². The van der Waals surface area contributed by atoms with E-state index in [1.54, 1.807) is 49.6 Å². The van der Waals surface area contributed by atoms with Gasteiger partial charge in [0.15, 0.2) is 0 Å². The zero-order valence-corrected chi connectivity index (χ0v) is 12.5. The molecule has 0 aliphatic heterocycles. The molecule has 0 spiro atoms. The van der Waals surface area contributed by atoms with E-state index < -0.39 is 7.60 Å². The van der Waals surface area contributed by atoms with E-state index in [2.05, 4.69) is 0 Å². The zero-order chi connectivity index (χ0) is 15.3. The molecule has 5 nitrogen and oxygen atoms in total. The highest BCUT2D eigenvalue weighted by Gasteiger charge is 2.20. The van der Waals surface area contributed by atoms with Gasteiger partial charge in [0.25, 0.3) is 0 Å². The maximum atomic E-state index is 12.3. The van der Waals surface area contributed by atoms with Crippen LogP contribution in [0.2, 0.25) is 0 Å². The fourth-order valence-electron chi connectivity index (χ4n) is 1.66. The summed E-state index contributed by atoms with van der Waals surface area (Å²) >= 11 is 0. The number of nitrogens with zero attached hydrogens (tertiary/aromatic N) is 1. The summed E-state index contributed by atoms with van der Waals surface area (Å²) in [7, 11) is -1.78. The second kappa shape index (κ2) is 6.34. The molecule has 0 heterocycles. The normalized spacial score (nSPS) is 12.8. The summed E-state index contributed by atoms with van der Waals surface area (Å²) in [5.41, 5.74) is 0.428. The van der Waals surface area contributed by atoms with Crippen molar-refractivity contribution in [1.82, 2.24) is 0 Å². The van der Waals surface area contributed by atoms with Crippen LogP contribution in [0.25, 0.3) is 0 Å². The van der Waals surface area contributed by atoms with Gasteiger partial charge in [-0.1, -0.05) is 6.07 Å². The van der Waals surface area contributed by atoms with Gasteiger partial charge in [0.2, 0.25) is 0 Å². The summed E-state index contributed by atoms with van der Waals surface area (Å²) in [6.07, 6.45) is 0. The Balaban J connectivity index is 2.10. The van der Waals surface area contributed by atoms with Crippen LogP contribution < -0.4 is 13.8 Å². The molecule has 0 aromatic heterocycles. The molecule has 108 valence electrons. The van der Waals surface area contributed by atoms with E-state index in [9.17, 15) is 4.57 Å². The monoisotopic (exact) mass is 303 g/mol. The van der Waals surface area contributed by atoms with Crippen LogP contribution >= 0.6 is 7.60 Å². The van der Waals surface area contributed by atoms with Crippen molar-refractivity contribution in [2.75, 3.05) is 13.8 Å². The minimum Gasteiger partial charge on any atom is -0.497 e. The van der Waals surface area contributed by atoms with Gasteiger partial charge in [-0.05, 0) is 42.5 Å². The molecule has 0 saturated heterocycles. The highest BCUT2D eigenvalue weighted by atomic mass is 31.2. The van der Waals surface area contributed by atoms with Crippen molar-refractivity contribution >= 4 is 7.60 Å². The van der Waals surface area contributed by atoms with Gasteiger partial charge in [-0.15, -0.1) is 0 Å². The molecule has 1 unspecified atom stereocenters. The average molecular weight is 303 g/mol. The minimum atomic E-state index is -3.34. The first-order chi connectivity index (χ1) is 10.0. The van der Waals surface area contributed by atoms with Crippen LogP contribution in [0, 0.1) is 11.3 Å². The summed E-state index contributed by atoms with van der Waals surface area (Å²) in [5, 5.41) is 8.83. The Morgan fingerprint density at radius 2 is 1.62 bits per heavy atom. The van der Waals surface area contributed by atoms with E-state index in [-0.39, 0.29) is 0 Å². The number of benzene rings is 2. The lowest BCUT2D eigenvalue weighted by Gasteiger charge is -2.16. The highest BCUT2D eigenvalue weighted by molar-refractivity contribution is 7.53. The van der Waals surface area contributed by atoms with Crippen LogP contribution in [0.5, 0.6) is 17.2 Å². The third kappa shape index (κ3) is 4.27. The maximum Gasteiger partial charge on any atom is 0.427 e. The SMILES string of the molecule is COc1ccc(OP(C)(=O)Oc2cccc(C#N)c2)cc1. The van der Waals surface area contributed by atoms with Crippen molar-refractivity contribution in [3.8, 4) is 23.3 Å². The summed E-state index contributed by atoms with van der Waals surface area (Å²) in [6.45, 7) is 1.37. The lowest BCUT2D eigenvalue weighted by Crippen LogP contribution is -1.99. The Bertz CT molecular complexity index is 706. The first-order valence-electron chi connectivity index (χ1n) is 6.13. The third-order valence-corrected chi connectivity index (χ3v) is 3.65. The fraction of sp³-hybridized carbons (Fsp3) is 0.133. The molecule has 2 rings (SSSR count). The van der Waals surface area contributed by atoms with Gasteiger partial charge >= 0.3 is 7.60 Å². The standard InChI is InChI=1S/C15H14NO4P/c1-18-13-6-8-14(9-7-13)19-21(2,17)20-15-5-3-4-12(10-15)11-16/h3-10H,1-2H3. The first kappa shape index (κ1) is 15.0. The molecule has 0 saturated carbocycles. The van der Waals surface area contributed by atoms with Crippen molar-refractivity contribution in [2.45, 2.75) is 0 Å². The predicted octanol–water partition coefficient (Wildman–Crippen LogP) is 3.85. The Morgan fingerprint density at radius 1 is 1.00 bits per heavy atom. The number of hydrogen-bond donors (Lipinski definition) is 0. The summed E-state index contributed by atoms with van der Waals surface area (Å²) in [6, 6.07) is 15.1. The van der Waals surface area contributed by atoms with Gasteiger partial charge in [-0.2, -0.15) is 5.26 Å². The lowest BCUT2D eigenvalue weighted by atomic mass is 10.2. The largest absolute Gasteiger partial charge is 0.497 e. The molecule has 2 aromatic rings. The van der Waals surface area contributed by atoms with Crippen LogP contribution in [0.3, 0.4) is 0 Å². The molecule has 0 aliphatic carbocycles. The second-order valence-electron chi connectivity index (χ2n) is 4.27. The van der Waals surface area contributed by atoms with Crippen LogP contribution in [0.4, 0.5) is 0 Å². The molecule has 0 aliphatic rings. The van der Waals surface area contributed by atoms with E-state index in [0.29, 0.717) is 22.8 Å². The van der Waals surface area contributed by atoms with Crippen molar-refractivity contribution in [3.63, 3.8) is 0 Å². The van der Waals surface area contributed by atoms with E-state index in [1.807, 2.05) is 6.07 Å². The Kier molecular flexibility index (Phi) is 4.52. The summed E-state index contributed by atoms with van der Waals surface area (Å²) < 4.78 is 28.1. The van der Waals surface area contributed by atoms with Crippen LogP contribution in [0.1, 0.15) is 5.56 Å². The van der Waals surface area contributed by atoms with E-state index >= 15 is 0 Å². The Labute approximate surface area is 123 Å². The van der Waals surface area contributed by atoms with Crippen LogP contribution in [-0.4, -0.2) is 13.8 Å². The van der Waals surface area contributed by atoms with Crippen LogP contribution in [-0.2, 0) is 4.57 Å². The molecular weight excluding hydrogens is 289 g/mol. The van der Waals surface area contributed by atoms with Crippen molar-refractivity contribution in [2.24, 2.45) is 0 Å². The van der Waals surface area contributed by atoms with E-state index in [4.69, 9.17) is 19.0 Å². The zero-order valence-electron chi connectivity index (χ0n) is 11.6. The number of methoxy groups -OCH3 is 1. The molecule has 6 heteroatoms. The second-order valence-corrected chi connectivity index (χ2v) is 6.18. The first-order valence-corrected chi connectivity index (χ1v) is 8.12. The quantitative estimate of drug-likeness (QED) is 0.785. The Morgan fingerprint density at radius 3 is 2.24 bits per heavy atom. The van der Waals surface area contributed by atoms with Crippen molar-refractivity contribution in [1.29, 1.82) is 5.26 Å². The topological polar surface area (TPSA) is 68.6 Å². The molecule has 1 atom stereocenters. The molecule has 21 heavy (non-hydrogen) atoms. The predicted molar refractivity (Wildman–Crippen MR) is 78.9 cm³/mol. The van der Waals surface area contributed by atoms with Gasteiger partial charge in [-0.25, -0.2) is 4.57 Å². The number of rotatable bonds is 5. The van der Waals surface area contributed by atoms with Crippen LogP contribution in [0.15, 0.2) is 48.5 Å². The third-order valence-electron chi connectivity index (χ3n) is 2.57. The van der Waals surface area contributed by atoms with Gasteiger partial charge < -0.3 is 13.8 Å². The fourth-order valence-corrected chi connectivity index (χ4v) is 2.70. The molecule has 0 fully saturated rings. The number of nitriles is 1. The lowest BCUT2D eigenvalue weighted by molar-refractivity contribution is 0.391. The van der Waals surface area contributed by atoms with E-state index in [1.165, 1.54) is 12.7 Å².